The van der Waals surface area contributed by atoms with E-state index in [1.165, 1.54) is 95.4 Å². The van der Waals surface area contributed by atoms with E-state index in [2.05, 4.69) is 161 Å². The predicted molar refractivity (Wildman–Crippen MR) is 224 cm³/mol. The van der Waals surface area contributed by atoms with Crippen molar-refractivity contribution < 1.29 is 0 Å². The van der Waals surface area contributed by atoms with Crippen LogP contribution in [0.5, 0.6) is 0 Å². The molecular formula is C47H27N3S2. The molecule has 0 bridgehead atoms. The van der Waals surface area contributed by atoms with Crippen molar-refractivity contribution in [3.8, 4) is 22.5 Å². The van der Waals surface area contributed by atoms with Crippen LogP contribution < -0.4 is 0 Å². The topological polar surface area (TPSA) is 22.8 Å². The zero-order valence-corrected chi connectivity index (χ0v) is 29.4. The quantitative estimate of drug-likeness (QED) is 0.180. The molecule has 12 rings (SSSR count). The van der Waals surface area contributed by atoms with Crippen LogP contribution in [0.25, 0.3) is 107 Å². The van der Waals surface area contributed by atoms with Gasteiger partial charge in [0.25, 0.3) is 0 Å². The molecule has 0 aliphatic heterocycles. The van der Waals surface area contributed by atoms with Gasteiger partial charge < -0.3 is 9.13 Å². The van der Waals surface area contributed by atoms with Crippen molar-refractivity contribution >= 4 is 107 Å². The Hall–Kier alpha value is -6.27. The fourth-order valence-corrected chi connectivity index (χ4v) is 10.8. The van der Waals surface area contributed by atoms with Crippen molar-refractivity contribution in [3.05, 3.63) is 164 Å². The van der Waals surface area contributed by atoms with Crippen LogP contribution in [0, 0.1) is 0 Å². The molecule has 52 heavy (non-hydrogen) atoms. The van der Waals surface area contributed by atoms with Gasteiger partial charge in [-0.25, -0.2) is 0 Å². The van der Waals surface area contributed by atoms with Crippen molar-refractivity contribution in [2.24, 2.45) is 0 Å². The number of hydrogen-bond donors (Lipinski definition) is 0. The van der Waals surface area contributed by atoms with E-state index >= 15 is 0 Å². The van der Waals surface area contributed by atoms with Crippen molar-refractivity contribution in [2.75, 3.05) is 0 Å². The van der Waals surface area contributed by atoms with E-state index in [1.54, 1.807) is 11.3 Å². The SMILES string of the molecule is c1cc(-c2ccc3sc4cccnc4c3c2)cc(-n2c3ccccc3c3c4sc5ccc(-n6c7ccccc7c7ccccc76)cc5c4ccc32)c1. The zero-order chi connectivity index (χ0) is 33.9. The highest BCUT2D eigenvalue weighted by molar-refractivity contribution is 7.27. The molecule has 5 heterocycles. The smallest absolute Gasteiger partial charge is 0.0888 e. The molecule has 0 saturated carbocycles. The summed E-state index contributed by atoms with van der Waals surface area (Å²) in [6, 6.07) is 58.0. The Morgan fingerprint density at radius 1 is 0.385 bits per heavy atom. The van der Waals surface area contributed by atoms with E-state index < -0.39 is 0 Å². The van der Waals surface area contributed by atoms with Gasteiger partial charge in [0.05, 0.1) is 32.3 Å². The monoisotopic (exact) mass is 697 g/mol. The van der Waals surface area contributed by atoms with E-state index in [4.69, 9.17) is 4.98 Å². The van der Waals surface area contributed by atoms with Crippen LogP contribution in [-0.2, 0) is 0 Å². The van der Waals surface area contributed by atoms with Crippen molar-refractivity contribution in [3.63, 3.8) is 0 Å². The Labute approximate surface area is 305 Å². The first-order valence-corrected chi connectivity index (χ1v) is 19.2. The summed E-state index contributed by atoms with van der Waals surface area (Å²) in [5.41, 5.74) is 10.7. The van der Waals surface area contributed by atoms with Crippen molar-refractivity contribution in [2.45, 2.75) is 0 Å². The van der Waals surface area contributed by atoms with Gasteiger partial charge in [-0.3, -0.25) is 4.98 Å². The van der Waals surface area contributed by atoms with Gasteiger partial charge in [-0.05, 0) is 90.0 Å². The van der Waals surface area contributed by atoms with Crippen LogP contribution in [-0.4, -0.2) is 14.1 Å². The standard InChI is InChI=1S/C47H27N3S2/c1-4-14-38-32(11-1)33-12-2-5-15-39(33)49(38)31-19-23-42-36(27-31)34-20-21-41-45(47(34)52-42)35-13-3-6-16-40(35)50(41)30-10-7-9-28(25-30)29-18-22-43-37(26-29)46-44(51-43)17-8-24-48-46/h1-27H. The lowest BCUT2D eigenvalue weighted by Crippen LogP contribution is -1.94. The number of pyridine rings is 1. The van der Waals surface area contributed by atoms with E-state index in [9.17, 15) is 0 Å². The highest BCUT2D eigenvalue weighted by Crippen LogP contribution is 2.45. The molecule has 0 aliphatic carbocycles. The maximum absolute atomic E-state index is 4.72. The van der Waals surface area contributed by atoms with Crippen LogP contribution in [0.1, 0.15) is 0 Å². The van der Waals surface area contributed by atoms with Gasteiger partial charge in [0.2, 0.25) is 0 Å². The first-order valence-electron chi connectivity index (χ1n) is 17.5. The fourth-order valence-electron chi connectivity index (χ4n) is 8.49. The third-order valence-electron chi connectivity index (χ3n) is 10.8. The highest BCUT2D eigenvalue weighted by atomic mass is 32.1. The largest absolute Gasteiger partial charge is 0.309 e. The van der Waals surface area contributed by atoms with Gasteiger partial charge in [-0.15, -0.1) is 22.7 Å². The number of para-hydroxylation sites is 3. The van der Waals surface area contributed by atoms with Crippen molar-refractivity contribution in [1.82, 2.24) is 14.1 Å². The summed E-state index contributed by atoms with van der Waals surface area (Å²) < 4.78 is 9.99. The number of benzene rings is 7. The Bertz CT molecular complexity index is 3380. The first-order chi connectivity index (χ1) is 25.8. The Kier molecular flexibility index (Phi) is 5.81. The van der Waals surface area contributed by atoms with E-state index in [0.29, 0.717) is 0 Å². The van der Waals surface area contributed by atoms with Gasteiger partial charge in [-0.1, -0.05) is 78.9 Å². The minimum atomic E-state index is 1.08. The number of fused-ring (bicyclic) bond motifs is 13. The normalized spacial score (nSPS) is 12.2. The number of aromatic nitrogens is 3. The zero-order valence-electron chi connectivity index (χ0n) is 27.7. The van der Waals surface area contributed by atoms with Crippen LogP contribution in [0.2, 0.25) is 0 Å². The lowest BCUT2D eigenvalue weighted by atomic mass is 10.0. The highest BCUT2D eigenvalue weighted by Gasteiger charge is 2.19. The summed E-state index contributed by atoms with van der Waals surface area (Å²) in [6.45, 7) is 0. The average molecular weight is 698 g/mol. The van der Waals surface area contributed by atoms with Crippen LogP contribution in [0.15, 0.2) is 164 Å². The number of rotatable bonds is 3. The summed E-state index contributed by atoms with van der Waals surface area (Å²) in [5, 5.41) is 8.97. The van der Waals surface area contributed by atoms with Crippen molar-refractivity contribution in [1.29, 1.82) is 0 Å². The molecule has 5 heteroatoms. The summed E-state index contributed by atoms with van der Waals surface area (Å²) in [4.78, 5) is 4.72. The molecule has 0 amide bonds. The maximum atomic E-state index is 4.72. The molecule has 0 N–H and O–H groups in total. The molecule has 7 aromatic carbocycles. The van der Waals surface area contributed by atoms with Gasteiger partial charge in [-0.2, -0.15) is 0 Å². The number of hydrogen-bond acceptors (Lipinski definition) is 3. The predicted octanol–water partition coefficient (Wildman–Crippen LogP) is 13.7. The van der Waals surface area contributed by atoms with Crippen LogP contribution in [0.4, 0.5) is 0 Å². The second kappa shape index (κ2) is 10.6. The molecule has 0 fully saturated rings. The van der Waals surface area contributed by atoms with Gasteiger partial charge >= 0.3 is 0 Å². The van der Waals surface area contributed by atoms with Gasteiger partial charge in [0.15, 0.2) is 0 Å². The summed E-state index contributed by atoms with van der Waals surface area (Å²) in [6.07, 6.45) is 1.89. The number of nitrogens with zero attached hydrogens (tertiary/aromatic N) is 3. The maximum Gasteiger partial charge on any atom is 0.0888 e. The summed E-state index contributed by atoms with van der Waals surface area (Å²) in [7, 11) is 0. The third-order valence-corrected chi connectivity index (χ3v) is 13.1. The molecule has 0 saturated heterocycles. The van der Waals surface area contributed by atoms with E-state index in [-0.39, 0.29) is 0 Å². The van der Waals surface area contributed by atoms with Crippen LogP contribution >= 0.6 is 22.7 Å². The fraction of sp³-hybridized carbons (Fsp3) is 0. The van der Waals surface area contributed by atoms with Gasteiger partial charge in [0.1, 0.15) is 0 Å². The summed E-state index contributed by atoms with van der Waals surface area (Å²) >= 11 is 3.71. The third kappa shape index (κ3) is 3.92. The molecule has 12 aromatic rings. The molecule has 3 nitrogen and oxygen atoms in total. The Morgan fingerprint density at radius 3 is 1.88 bits per heavy atom. The molecular weight excluding hydrogens is 671 g/mol. The molecule has 0 radical (unpaired) electrons. The Balaban J connectivity index is 1.06. The molecule has 0 spiro atoms. The second-order valence-corrected chi connectivity index (χ2v) is 15.7. The molecule has 242 valence electrons. The lowest BCUT2D eigenvalue weighted by Gasteiger charge is -2.11. The lowest BCUT2D eigenvalue weighted by molar-refractivity contribution is 1.18. The molecule has 0 atom stereocenters. The van der Waals surface area contributed by atoms with Crippen LogP contribution in [0.3, 0.4) is 0 Å². The minimum Gasteiger partial charge on any atom is -0.309 e. The van der Waals surface area contributed by atoms with E-state index in [1.807, 2.05) is 23.6 Å². The van der Waals surface area contributed by atoms with E-state index in [0.717, 1.165) is 11.2 Å². The first kappa shape index (κ1) is 28.4. The van der Waals surface area contributed by atoms with Gasteiger partial charge in [0, 0.05) is 69.4 Å². The molecule has 0 aliphatic rings. The average Bonchev–Trinajstić information content (AvgIpc) is 3.95. The minimum absolute atomic E-state index is 1.08. The second-order valence-electron chi connectivity index (χ2n) is 13.6. The molecule has 5 aromatic heterocycles. The molecule has 0 unspecified atom stereocenters. The number of thiophene rings is 2. The summed E-state index contributed by atoms with van der Waals surface area (Å²) in [5.74, 6) is 0. The Morgan fingerprint density at radius 2 is 1.06 bits per heavy atom.